The van der Waals surface area contributed by atoms with Gasteiger partial charge in [-0.15, -0.1) is 0 Å². The standard InChI is InChI=1S/C26H24N6O/c33-26(20-8-5-13-28-17-20)32-14-6-9-21(18-32)25-30-23(19-7-4-12-27-16-19)15-24(31-25)29-22-10-2-1-3-11-22/h1-5,7-8,10-13,15-17,21H,6,9,14,18H2,(H,29,30,31). The first kappa shape index (κ1) is 20.8. The minimum Gasteiger partial charge on any atom is -0.340 e. The number of pyridine rings is 2. The van der Waals surface area contributed by atoms with Crippen molar-refractivity contribution in [1.29, 1.82) is 0 Å². The Morgan fingerprint density at radius 3 is 2.52 bits per heavy atom. The van der Waals surface area contributed by atoms with Crippen molar-refractivity contribution in [3.8, 4) is 11.3 Å². The molecule has 1 N–H and O–H groups in total. The number of anilines is 2. The highest BCUT2D eigenvalue weighted by atomic mass is 16.2. The van der Waals surface area contributed by atoms with Crippen LogP contribution in [0.5, 0.6) is 0 Å². The Morgan fingerprint density at radius 1 is 0.939 bits per heavy atom. The molecule has 1 aliphatic rings. The fraction of sp³-hybridized carbons (Fsp3) is 0.192. The fourth-order valence-corrected chi connectivity index (χ4v) is 4.09. The third-order valence-corrected chi connectivity index (χ3v) is 5.73. The van der Waals surface area contributed by atoms with Crippen LogP contribution in [0, 0.1) is 0 Å². The molecule has 0 spiro atoms. The maximum atomic E-state index is 13.0. The Labute approximate surface area is 192 Å². The predicted molar refractivity (Wildman–Crippen MR) is 127 cm³/mol. The largest absolute Gasteiger partial charge is 0.340 e. The van der Waals surface area contributed by atoms with E-state index < -0.39 is 0 Å². The summed E-state index contributed by atoms with van der Waals surface area (Å²) < 4.78 is 0. The first-order valence-corrected chi connectivity index (χ1v) is 11.1. The van der Waals surface area contributed by atoms with Gasteiger partial charge in [-0.3, -0.25) is 14.8 Å². The van der Waals surface area contributed by atoms with E-state index >= 15 is 0 Å². The number of benzene rings is 1. The summed E-state index contributed by atoms with van der Waals surface area (Å²) in [5.74, 6) is 1.50. The van der Waals surface area contributed by atoms with Crippen LogP contribution in [0.25, 0.3) is 11.3 Å². The third kappa shape index (κ3) is 4.87. The molecule has 0 bridgehead atoms. The Hall–Kier alpha value is -4.13. The number of carbonyl (C=O) groups excluding carboxylic acids is 1. The summed E-state index contributed by atoms with van der Waals surface area (Å²) in [4.78, 5) is 33.0. The van der Waals surface area contributed by atoms with Gasteiger partial charge in [-0.1, -0.05) is 18.2 Å². The minimum atomic E-state index is -0.00107. The van der Waals surface area contributed by atoms with Gasteiger partial charge < -0.3 is 10.2 Å². The molecule has 1 amide bonds. The van der Waals surface area contributed by atoms with Crippen LogP contribution >= 0.6 is 0 Å². The number of rotatable bonds is 5. The van der Waals surface area contributed by atoms with E-state index in [0.29, 0.717) is 12.1 Å². The summed E-state index contributed by atoms with van der Waals surface area (Å²) in [5.41, 5.74) is 3.30. The molecule has 1 atom stereocenters. The first-order valence-electron chi connectivity index (χ1n) is 11.1. The van der Waals surface area contributed by atoms with Gasteiger partial charge in [0.2, 0.25) is 0 Å². The van der Waals surface area contributed by atoms with Crippen molar-refractivity contribution >= 4 is 17.4 Å². The van der Waals surface area contributed by atoms with E-state index in [-0.39, 0.29) is 11.8 Å². The highest BCUT2D eigenvalue weighted by Crippen LogP contribution is 2.29. The molecule has 7 heteroatoms. The van der Waals surface area contributed by atoms with Gasteiger partial charge in [-0.2, -0.15) is 0 Å². The summed E-state index contributed by atoms with van der Waals surface area (Å²) >= 11 is 0. The number of hydrogen-bond acceptors (Lipinski definition) is 6. The molecule has 0 saturated carbocycles. The van der Waals surface area contributed by atoms with E-state index in [1.165, 1.54) is 0 Å². The van der Waals surface area contributed by atoms with Gasteiger partial charge in [0.1, 0.15) is 11.6 Å². The number of nitrogens with zero attached hydrogens (tertiary/aromatic N) is 5. The van der Waals surface area contributed by atoms with E-state index in [9.17, 15) is 4.79 Å². The Kier molecular flexibility index (Phi) is 6.01. The molecule has 164 valence electrons. The summed E-state index contributed by atoms with van der Waals surface area (Å²) in [7, 11) is 0. The van der Waals surface area contributed by atoms with Crippen LogP contribution in [0.4, 0.5) is 11.5 Å². The van der Waals surface area contributed by atoms with Gasteiger partial charge in [0, 0.05) is 61.1 Å². The van der Waals surface area contributed by atoms with Crippen LogP contribution < -0.4 is 5.32 Å². The molecule has 3 aromatic heterocycles. The van der Waals surface area contributed by atoms with E-state index in [1.54, 1.807) is 36.9 Å². The van der Waals surface area contributed by atoms with Crippen LogP contribution in [0.1, 0.15) is 34.9 Å². The second kappa shape index (κ2) is 9.56. The van der Waals surface area contributed by atoms with E-state index in [4.69, 9.17) is 9.97 Å². The Balaban J connectivity index is 1.46. The lowest BCUT2D eigenvalue weighted by molar-refractivity contribution is 0.0704. The van der Waals surface area contributed by atoms with Gasteiger partial charge in [0.05, 0.1) is 11.3 Å². The number of hydrogen-bond donors (Lipinski definition) is 1. The fourth-order valence-electron chi connectivity index (χ4n) is 4.09. The van der Waals surface area contributed by atoms with Crippen molar-refractivity contribution in [3.05, 3.63) is 96.8 Å². The molecule has 1 saturated heterocycles. The second-order valence-electron chi connectivity index (χ2n) is 8.06. The van der Waals surface area contributed by atoms with Gasteiger partial charge in [-0.25, -0.2) is 9.97 Å². The molecule has 1 aromatic carbocycles. The first-order chi connectivity index (χ1) is 16.3. The van der Waals surface area contributed by atoms with Crippen molar-refractivity contribution in [2.45, 2.75) is 18.8 Å². The van der Waals surface area contributed by atoms with Crippen molar-refractivity contribution in [2.24, 2.45) is 0 Å². The van der Waals surface area contributed by atoms with E-state index in [2.05, 4.69) is 15.3 Å². The lowest BCUT2D eigenvalue weighted by Gasteiger charge is -2.32. The van der Waals surface area contributed by atoms with Crippen molar-refractivity contribution in [3.63, 3.8) is 0 Å². The SMILES string of the molecule is O=C(c1cccnc1)N1CCCC(c2nc(Nc3ccccc3)cc(-c3cccnc3)n2)C1. The number of para-hydroxylation sites is 1. The molecule has 0 aliphatic carbocycles. The van der Waals surface area contributed by atoms with Crippen LogP contribution in [0.3, 0.4) is 0 Å². The van der Waals surface area contributed by atoms with Crippen LogP contribution in [-0.2, 0) is 0 Å². The number of amides is 1. The number of nitrogens with one attached hydrogen (secondary N) is 1. The lowest BCUT2D eigenvalue weighted by atomic mass is 9.96. The minimum absolute atomic E-state index is 0.00107. The highest BCUT2D eigenvalue weighted by Gasteiger charge is 2.28. The lowest BCUT2D eigenvalue weighted by Crippen LogP contribution is -2.39. The van der Waals surface area contributed by atoms with Crippen LogP contribution in [-0.4, -0.2) is 43.8 Å². The molecule has 7 nitrogen and oxygen atoms in total. The van der Waals surface area contributed by atoms with Crippen molar-refractivity contribution < 1.29 is 4.79 Å². The van der Waals surface area contributed by atoms with Crippen molar-refractivity contribution in [1.82, 2.24) is 24.8 Å². The zero-order valence-electron chi connectivity index (χ0n) is 18.1. The topological polar surface area (TPSA) is 83.9 Å². The Morgan fingerprint density at radius 2 is 1.76 bits per heavy atom. The normalized spacial score (nSPS) is 15.8. The summed E-state index contributed by atoms with van der Waals surface area (Å²) in [5, 5.41) is 3.39. The highest BCUT2D eigenvalue weighted by molar-refractivity contribution is 5.94. The Bertz CT molecular complexity index is 1220. The quantitative estimate of drug-likeness (QED) is 0.488. The number of piperidine rings is 1. The van der Waals surface area contributed by atoms with Crippen LogP contribution in [0.15, 0.2) is 85.5 Å². The van der Waals surface area contributed by atoms with Gasteiger partial charge in [0.25, 0.3) is 5.91 Å². The molecule has 0 radical (unpaired) electrons. The second-order valence-corrected chi connectivity index (χ2v) is 8.06. The zero-order valence-corrected chi connectivity index (χ0v) is 18.1. The smallest absolute Gasteiger partial charge is 0.255 e. The molecular weight excluding hydrogens is 412 g/mol. The maximum absolute atomic E-state index is 13.0. The van der Waals surface area contributed by atoms with Gasteiger partial charge >= 0.3 is 0 Å². The van der Waals surface area contributed by atoms with E-state index in [0.717, 1.165) is 48.0 Å². The summed E-state index contributed by atoms with van der Waals surface area (Å²) in [6, 6.07) is 19.4. The van der Waals surface area contributed by atoms with E-state index in [1.807, 2.05) is 53.4 Å². The molecule has 1 unspecified atom stereocenters. The zero-order chi connectivity index (χ0) is 22.5. The third-order valence-electron chi connectivity index (χ3n) is 5.73. The van der Waals surface area contributed by atoms with Crippen molar-refractivity contribution in [2.75, 3.05) is 18.4 Å². The average Bonchev–Trinajstić information content (AvgIpc) is 2.90. The predicted octanol–water partition coefficient (Wildman–Crippen LogP) is 4.70. The molecule has 4 aromatic rings. The monoisotopic (exact) mass is 436 g/mol. The molecule has 33 heavy (non-hydrogen) atoms. The van der Waals surface area contributed by atoms with Crippen LogP contribution in [0.2, 0.25) is 0 Å². The van der Waals surface area contributed by atoms with Gasteiger partial charge in [-0.05, 0) is 49.2 Å². The number of aromatic nitrogens is 4. The molecule has 1 fully saturated rings. The van der Waals surface area contributed by atoms with Gasteiger partial charge in [0.15, 0.2) is 0 Å². The maximum Gasteiger partial charge on any atom is 0.255 e. The number of likely N-dealkylation sites (tertiary alicyclic amines) is 1. The summed E-state index contributed by atoms with van der Waals surface area (Å²) in [6.07, 6.45) is 8.67. The molecule has 4 heterocycles. The molecule has 5 rings (SSSR count). The number of carbonyl (C=O) groups is 1. The molecular formula is C26H24N6O. The summed E-state index contributed by atoms with van der Waals surface area (Å²) in [6.45, 7) is 1.30. The average molecular weight is 437 g/mol. The molecule has 1 aliphatic heterocycles.